The zero-order valence-corrected chi connectivity index (χ0v) is 10.4. The maximum absolute atomic E-state index is 11.7. The second-order valence-corrected chi connectivity index (χ2v) is 3.85. The molecule has 4 N–H and O–H groups in total. The molecule has 100 valence electrons. The number of carbonyl (C=O) groups excluding carboxylic acids is 1. The van der Waals surface area contributed by atoms with Gasteiger partial charge in [0.15, 0.2) is 0 Å². The fourth-order valence-electron chi connectivity index (χ4n) is 1.44. The molecule has 0 heterocycles. The average Bonchev–Trinajstić information content (AvgIpc) is 2.42. The van der Waals surface area contributed by atoms with E-state index in [2.05, 4.69) is 5.32 Å². The molecule has 0 saturated carbocycles. The van der Waals surface area contributed by atoms with Crippen LogP contribution >= 0.6 is 0 Å². The molecule has 0 aliphatic heterocycles. The molecule has 0 bridgehead atoms. The van der Waals surface area contributed by atoms with Gasteiger partial charge in [0.1, 0.15) is 0 Å². The van der Waals surface area contributed by atoms with Crippen LogP contribution in [0.5, 0.6) is 0 Å². The SMILES string of the molecule is NCc1ccc(C(=O)NCCCOCCO)cc1. The summed E-state index contributed by atoms with van der Waals surface area (Å²) in [5, 5.41) is 11.3. The molecule has 1 rings (SSSR count). The van der Waals surface area contributed by atoms with Gasteiger partial charge in [-0.2, -0.15) is 0 Å². The number of aliphatic hydroxyl groups is 1. The van der Waals surface area contributed by atoms with E-state index in [-0.39, 0.29) is 12.5 Å². The summed E-state index contributed by atoms with van der Waals surface area (Å²) < 4.78 is 5.09. The van der Waals surface area contributed by atoms with Gasteiger partial charge in [0, 0.05) is 25.3 Å². The Morgan fingerprint density at radius 2 is 2.00 bits per heavy atom. The summed E-state index contributed by atoms with van der Waals surface area (Å²) >= 11 is 0. The molecule has 0 saturated heterocycles. The Balaban J connectivity index is 2.23. The number of hydrogen-bond acceptors (Lipinski definition) is 4. The quantitative estimate of drug-likeness (QED) is 0.580. The Labute approximate surface area is 107 Å². The van der Waals surface area contributed by atoms with Crippen molar-refractivity contribution < 1.29 is 14.6 Å². The molecule has 0 aliphatic rings. The topological polar surface area (TPSA) is 84.6 Å². The molecule has 18 heavy (non-hydrogen) atoms. The minimum Gasteiger partial charge on any atom is -0.394 e. The Morgan fingerprint density at radius 3 is 2.61 bits per heavy atom. The van der Waals surface area contributed by atoms with E-state index in [1.165, 1.54) is 0 Å². The number of carbonyl (C=O) groups is 1. The highest BCUT2D eigenvalue weighted by molar-refractivity contribution is 5.94. The molecule has 0 fully saturated rings. The lowest BCUT2D eigenvalue weighted by molar-refractivity contribution is 0.0867. The highest BCUT2D eigenvalue weighted by Crippen LogP contribution is 2.03. The first-order chi connectivity index (χ1) is 8.77. The second kappa shape index (κ2) is 8.63. The van der Waals surface area contributed by atoms with E-state index in [1.54, 1.807) is 12.1 Å². The summed E-state index contributed by atoms with van der Waals surface area (Å²) in [6.45, 7) is 1.94. The highest BCUT2D eigenvalue weighted by Gasteiger charge is 2.03. The van der Waals surface area contributed by atoms with Gasteiger partial charge in [-0.05, 0) is 24.1 Å². The van der Waals surface area contributed by atoms with Crippen LogP contribution in [0.25, 0.3) is 0 Å². The van der Waals surface area contributed by atoms with Gasteiger partial charge in [0.25, 0.3) is 5.91 Å². The summed E-state index contributed by atoms with van der Waals surface area (Å²) in [4.78, 5) is 11.7. The molecule has 0 aliphatic carbocycles. The Kier molecular flexibility index (Phi) is 7.01. The van der Waals surface area contributed by atoms with Gasteiger partial charge in [-0.3, -0.25) is 4.79 Å². The molecule has 1 aromatic carbocycles. The van der Waals surface area contributed by atoms with Gasteiger partial charge in [-0.15, -0.1) is 0 Å². The molecule has 5 heteroatoms. The number of hydrogen-bond donors (Lipinski definition) is 3. The highest BCUT2D eigenvalue weighted by atomic mass is 16.5. The first-order valence-electron chi connectivity index (χ1n) is 6.03. The van der Waals surface area contributed by atoms with Crippen molar-refractivity contribution in [3.8, 4) is 0 Å². The lowest BCUT2D eigenvalue weighted by Gasteiger charge is -2.06. The number of amides is 1. The van der Waals surface area contributed by atoms with Crippen molar-refractivity contribution >= 4 is 5.91 Å². The van der Waals surface area contributed by atoms with E-state index in [0.717, 1.165) is 12.0 Å². The van der Waals surface area contributed by atoms with Crippen molar-refractivity contribution in [3.05, 3.63) is 35.4 Å². The molecular formula is C13H20N2O3. The van der Waals surface area contributed by atoms with Gasteiger partial charge in [-0.1, -0.05) is 12.1 Å². The standard InChI is InChI=1S/C13H20N2O3/c14-10-11-2-4-12(5-3-11)13(17)15-6-1-8-18-9-7-16/h2-5,16H,1,6-10,14H2,(H,15,17). The van der Waals surface area contributed by atoms with Gasteiger partial charge in [-0.25, -0.2) is 0 Å². The average molecular weight is 252 g/mol. The third kappa shape index (κ3) is 5.27. The Bertz CT molecular complexity index is 352. The number of rotatable bonds is 8. The lowest BCUT2D eigenvalue weighted by atomic mass is 10.1. The Hall–Kier alpha value is -1.43. The van der Waals surface area contributed by atoms with E-state index in [1.807, 2.05) is 12.1 Å². The molecule has 0 spiro atoms. The van der Waals surface area contributed by atoms with Gasteiger partial charge >= 0.3 is 0 Å². The van der Waals surface area contributed by atoms with Crippen molar-refractivity contribution in [3.63, 3.8) is 0 Å². The van der Waals surface area contributed by atoms with Crippen LogP contribution in [-0.2, 0) is 11.3 Å². The van der Waals surface area contributed by atoms with Gasteiger partial charge in [0.2, 0.25) is 0 Å². The van der Waals surface area contributed by atoms with Crippen LogP contribution < -0.4 is 11.1 Å². The monoisotopic (exact) mass is 252 g/mol. The van der Waals surface area contributed by atoms with Crippen LogP contribution in [0.2, 0.25) is 0 Å². The van der Waals surface area contributed by atoms with E-state index < -0.39 is 0 Å². The lowest BCUT2D eigenvalue weighted by Crippen LogP contribution is -2.25. The van der Waals surface area contributed by atoms with Gasteiger partial charge < -0.3 is 20.9 Å². The van der Waals surface area contributed by atoms with Crippen LogP contribution in [0.15, 0.2) is 24.3 Å². The van der Waals surface area contributed by atoms with Crippen LogP contribution in [0, 0.1) is 0 Å². The molecular weight excluding hydrogens is 232 g/mol. The van der Waals surface area contributed by atoms with E-state index in [0.29, 0.717) is 31.9 Å². The summed E-state index contributed by atoms with van der Waals surface area (Å²) in [6, 6.07) is 7.22. The van der Waals surface area contributed by atoms with Crippen LogP contribution in [0.4, 0.5) is 0 Å². The third-order valence-corrected chi connectivity index (χ3v) is 2.44. The smallest absolute Gasteiger partial charge is 0.251 e. The van der Waals surface area contributed by atoms with Crippen molar-refractivity contribution in [2.45, 2.75) is 13.0 Å². The zero-order valence-electron chi connectivity index (χ0n) is 10.4. The molecule has 0 unspecified atom stereocenters. The predicted octanol–water partition coefficient (Wildman–Crippen LogP) is 0.274. The predicted molar refractivity (Wildman–Crippen MR) is 69.2 cm³/mol. The molecule has 1 aromatic rings. The van der Waals surface area contributed by atoms with Crippen molar-refractivity contribution in [2.24, 2.45) is 5.73 Å². The largest absolute Gasteiger partial charge is 0.394 e. The van der Waals surface area contributed by atoms with E-state index in [9.17, 15) is 4.79 Å². The first kappa shape index (κ1) is 14.6. The fraction of sp³-hybridized carbons (Fsp3) is 0.462. The molecule has 1 amide bonds. The maximum atomic E-state index is 11.7. The summed E-state index contributed by atoms with van der Waals surface area (Å²) in [5.41, 5.74) is 7.11. The maximum Gasteiger partial charge on any atom is 0.251 e. The summed E-state index contributed by atoms with van der Waals surface area (Å²) in [6.07, 6.45) is 0.729. The number of ether oxygens (including phenoxy) is 1. The van der Waals surface area contributed by atoms with Crippen molar-refractivity contribution in [1.82, 2.24) is 5.32 Å². The fourth-order valence-corrected chi connectivity index (χ4v) is 1.44. The number of nitrogens with two attached hydrogens (primary N) is 1. The molecule has 0 atom stereocenters. The number of nitrogens with one attached hydrogen (secondary N) is 1. The third-order valence-electron chi connectivity index (χ3n) is 2.44. The van der Waals surface area contributed by atoms with Crippen molar-refractivity contribution in [2.75, 3.05) is 26.4 Å². The number of aliphatic hydroxyl groups excluding tert-OH is 1. The van der Waals surface area contributed by atoms with Crippen molar-refractivity contribution in [1.29, 1.82) is 0 Å². The summed E-state index contributed by atoms with van der Waals surface area (Å²) in [7, 11) is 0. The number of benzene rings is 1. The second-order valence-electron chi connectivity index (χ2n) is 3.85. The van der Waals surface area contributed by atoms with Crippen LogP contribution in [0.3, 0.4) is 0 Å². The van der Waals surface area contributed by atoms with Gasteiger partial charge in [0.05, 0.1) is 13.2 Å². The van der Waals surface area contributed by atoms with Crippen LogP contribution in [0.1, 0.15) is 22.3 Å². The first-order valence-corrected chi connectivity index (χ1v) is 6.03. The zero-order chi connectivity index (χ0) is 13.2. The molecule has 0 aromatic heterocycles. The summed E-state index contributed by atoms with van der Waals surface area (Å²) in [5.74, 6) is -0.0965. The normalized spacial score (nSPS) is 10.3. The minimum atomic E-state index is -0.0965. The molecule has 0 radical (unpaired) electrons. The van der Waals surface area contributed by atoms with E-state index >= 15 is 0 Å². The Morgan fingerprint density at radius 1 is 1.28 bits per heavy atom. The minimum absolute atomic E-state index is 0.0276. The van der Waals surface area contributed by atoms with E-state index in [4.69, 9.17) is 15.6 Å². The van der Waals surface area contributed by atoms with Crippen LogP contribution in [-0.4, -0.2) is 37.4 Å². The molecule has 5 nitrogen and oxygen atoms in total.